The van der Waals surface area contributed by atoms with Gasteiger partial charge in [0.1, 0.15) is 5.58 Å². The molecule has 0 aliphatic heterocycles. The lowest BCUT2D eigenvalue weighted by Crippen LogP contribution is -2.03. The zero-order chi connectivity index (χ0) is 22.9. The number of para-hydroxylation sites is 1. The van der Waals surface area contributed by atoms with E-state index in [1.807, 2.05) is 61.5 Å². The summed E-state index contributed by atoms with van der Waals surface area (Å²) in [4.78, 5) is 12.2. The Labute approximate surface area is 200 Å². The molecule has 2 aromatic heterocycles. The molecule has 33 heavy (non-hydrogen) atoms. The van der Waals surface area contributed by atoms with Gasteiger partial charge in [0.15, 0.2) is 11.0 Å². The Morgan fingerprint density at radius 2 is 1.76 bits per heavy atom. The first kappa shape index (κ1) is 21.5. The lowest BCUT2D eigenvalue weighted by molar-refractivity contribution is 0.559. The summed E-state index contributed by atoms with van der Waals surface area (Å²) in [7, 11) is 0. The van der Waals surface area contributed by atoms with Gasteiger partial charge in [-0.2, -0.15) is 0 Å². The maximum absolute atomic E-state index is 12.2. The highest BCUT2D eigenvalue weighted by Gasteiger charge is 2.18. The smallest absolute Gasteiger partial charge is 0.336 e. The molecule has 5 nitrogen and oxygen atoms in total. The molecule has 5 rings (SSSR count). The van der Waals surface area contributed by atoms with Crippen LogP contribution < -0.4 is 5.63 Å². The molecule has 3 aromatic carbocycles. The molecule has 0 spiro atoms. The van der Waals surface area contributed by atoms with Crippen LogP contribution in [0.1, 0.15) is 16.7 Å². The average Bonchev–Trinajstić information content (AvgIpc) is 3.21. The van der Waals surface area contributed by atoms with Crippen molar-refractivity contribution in [3.8, 4) is 17.1 Å². The number of aryl methyl sites for hydroxylation is 2. The summed E-state index contributed by atoms with van der Waals surface area (Å²) in [6, 6.07) is 23.1. The number of halogens is 1. The topological polar surface area (TPSA) is 60.9 Å². The second kappa shape index (κ2) is 8.89. The third-order valence-corrected chi connectivity index (χ3v) is 6.66. The van der Waals surface area contributed by atoms with Gasteiger partial charge in [0, 0.05) is 27.8 Å². The molecule has 164 valence electrons. The number of nitrogens with zero attached hydrogens (tertiary/aromatic N) is 3. The zero-order valence-corrected chi connectivity index (χ0v) is 19.7. The van der Waals surface area contributed by atoms with Crippen molar-refractivity contribution in [3.05, 3.63) is 105 Å². The molecule has 0 atom stereocenters. The van der Waals surface area contributed by atoms with Crippen molar-refractivity contribution in [1.29, 1.82) is 0 Å². The third-order valence-electron chi connectivity index (χ3n) is 5.43. The molecule has 7 heteroatoms. The van der Waals surface area contributed by atoms with Crippen LogP contribution in [0.25, 0.3) is 28.0 Å². The van der Waals surface area contributed by atoms with Crippen molar-refractivity contribution in [1.82, 2.24) is 14.8 Å². The molecule has 0 N–H and O–H groups in total. The number of rotatable bonds is 5. The summed E-state index contributed by atoms with van der Waals surface area (Å²) in [6.45, 7) is 4.04. The van der Waals surface area contributed by atoms with E-state index in [1.165, 1.54) is 11.8 Å². The minimum atomic E-state index is -0.356. The fraction of sp³-hybridized carbons (Fsp3) is 0.115. The van der Waals surface area contributed by atoms with E-state index in [1.54, 1.807) is 6.07 Å². The summed E-state index contributed by atoms with van der Waals surface area (Å²) in [5.74, 6) is 1.28. The molecule has 0 saturated carbocycles. The largest absolute Gasteiger partial charge is 0.423 e. The van der Waals surface area contributed by atoms with Crippen LogP contribution >= 0.6 is 23.4 Å². The van der Waals surface area contributed by atoms with Crippen LogP contribution in [-0.4, -0.2) is 14.8 Å². The van der Waals surface area contributed by atoms with E-state index in [4.69, 9.17) is 16.0 Å². The van der Waals surface area contributed by atoms with Gasteiger partial charge in [-0.1, -0.05) is 53.7 Å². The highest BCUT2D eigenvalue weighted by atomic mass is 35.5. The van der Waals surface area contributed by atoms with E-state index in [9.17, 15) is 4.79 Å². The average molecular weight is 474 g/mol. The lowest BCUT2D eigenvalue weighted by Gasteiger charge is -2.13. The van der Waals surface area contributed by atoms with Crippen LogP contribution in [0.2, 0.25) is 5.02 Å². The van der Waals surface area contributed by atoms with Gasteiger partial charge in [-0.25, -0.2) is 4.79 Å². The van der Waals surface area contributed by atoms with Crippen LogP contribution in [0.15, 0.2) is 87.2 Å². The van der Waals surface area contributed by atoms with E-state index < -0.39 is 0 Å². The van der Waals surface area contributed by atoms with Gasteiger partial charge in [0.2, 0.25) is 0 Å². The van der Waals surface area contributed by atoms with Gasteiger partial charge in [0.05, 0.1) is 5.69 Å². The first-order valence-corrected chi connectivity index (χ1v) is 11.8. The predicted octanol–water partition coefficient (Wildman–Crippen LogP) is 6.60. The molecule has 0 bridgehead atoms. The molecule has 0 amide bonds. The molecule has 0 unspecified atom stereocenters. The normalized spacial score (nSPS) is 11.2. The Bertz CT molecular complexity index is 1520. The maximum Gasteiger partial charge on any atom is 0.336 e. The highest BCUT2D eigenvalue weighted by Crippen LogP contribution is 2.32. The number of benzene rings is 3. The van der Waals surface area contributed by atoms with E-state index in [0.717, 1.165) is 44.3 Å². The molecule has 0 radical (unpaired) electrons. The van der Waals surface area contributed by atoms with Crippen LogP contribution in [0.3, 0.4) is 0 Å². The lowest BCUT2D eigenvalue weighted by atomic mass is 10.1. The Morgan fingerprint density at radius 1 is 0.970 bits per heavy atom. The summed E-state index contributed by atoms with van der Waals surface area (Å²) >= 11 is 7.63. The number of thioether (sulfide) groups is 1. The molecule has 0 aliphatic rings. The first-order valence-electron chi connectivity index (χ1n) is 10.4. The van der Waals surface area contributed by atoms with Crippen molar-refractivity contribution >= 4 is 34.3 Å². The monoisotopic (exact) mass is 473 g/mol. The zero-order valence-electron chi connectivity index (χ0n) is 18.1. The van der Waals surface area contributed by atoms with E-state index in [2.05, 4.69) is 33.8 Å². The van der Waals surface area contributed by atoms with Crippen LogP contribution in [0.5, 0.6) is 0 Å². The van der Waals surface area contributed by atoms with Crippen LogP contribution in [0, 0.1) is 13.8 Å². The molecule has 2 heterocycles. The molecule has 5 aromatic rings. The van der Waals surface area contributed by atoms with Crippen molar-refractivity contribution in [2.75, 3.05) is 0 Å². The highest BCUT2D eigenvalue weighted by molar-refractivity contribution is 7.98. The minimum absolute atomic E-state index is 0.356. The van der Waals surface area contributed by atoms with Crippen LogP contribution in [-0.2, 0) is 5.75 Å². The number of aromatic nitrogens is 3. The molecular weight excluding hydrogens is 454 g/mol. The second-order valence-electron chi connectivity index (χ2n) is 7.81. The summed E-state index contributed by atoms with van der Waals surface area (Å²) in [5, 5.41) is 11.3. The van der Waals surface area contributed by atoms with Crippen molar-refractivity contribution in [3.63, 3.8) is 0 Å². The van der Waals surface area contributed by atoms with Crippen LogP contribution in [0.4, 0.5) is 0 Å². The number of hydrogen-bond acceptors (Lipinski definition) is 5. The molecule has 0 saturated heterocycles. The van der Waals surface area contributed by atoms with Gasteiger partial charge in [-0.3, -0.25) is 4.57 Å². The molecule has 0 fully saturated rings. The third kappa shape index (κ3) is 4.32. The summed E-state index contributed by atoms with van der Waals surface area (Å²) in [5.41, 5.74) is 5.22. The molecular formula is C26H20ClN3O2S. The minimum Gasteiger partial charge on any atom is -0.423 e. The van der Waals surface area contributed by atoms with Gasteiger partial charge in [-0.05, 0) is 66.9 Å². The van der Waals surface area contributed by atoms with E-state index in [-0.39, 0.29) is 5.63 Å². The van der Waals surface area contributed by atoms with Gasteiger partial charge < -0.3 is 4.42 Å². The Balaban J connectivity index is 1.58. The van der Waals surface area contributed by atoms with Crippen molar-refractivity contribution in [2.45, 2.75) is 24.8 Å². The Kier molecular flexibility index (Phi) is 5.79. The van der Waals surface area contributed by atoms with Crippen molar-refractivity contribution < 1.29 is 4.42 Å². The fourth-order valence-corrected chi connectivity index (χ4v) is 4.84. The first-order chi connectivity index (χ1) is 16.0. The van der Waals surface area contributed by atoms with Crippen molar-refractivity contribution in [2.24, 2.45) is 0 Å². The Hall–Kier alpha value is -3.35. The fourth-order valence-electron chi connectivity index (χ4n) is 3.78. The Morgan fingerprint density at radius 3 is 2.55 bits per heavy atom. The summed E-state index contributed by atoms with van der Waals surface area (Å²) in [6.07, 6.45) is 0. The van der Waals surface area contributed by atoms with Gasteiger partial charge >= 0.3 is 5.63 Å². The van der Waals surface area contributed by atoms with Gasteiger partial charge in [-0.15, -0.1) is 10.2 Å². The summed E-state index contributed by atoms with van der Waals surface area (Å²) < 4.78 is 7.46. The predicted molar refractivity (Wildman–Crippen MR) is 133 cm³/mol. The molecule has 0 aliphatic carbocycles. The quantitative estimate of drug-likeness (QED) is 0.212. The number of hydrogen-bond donors (Lipinski definition) is 0. The second-order valence-corrected chi connectivity index (χ2v) is 9.19. The van der Waals surface area contributed by atoms with E-state index in [0.29, 0.717) is 16.4 Å². The maximum atomic E-state index is 12.2. The van der Waals surface area contributed by atoms with Gasteiger partial charge in [0.25, 0.3) is 0 Å². The standard InChI is InChI=1S/C26H20ClN3O2S/c1-16-7-12-21-19(14-24(31)32-23(21)13-16)15-33-26-29-28-25(18-8-10-20(27)11-9-18)30(26)22-6-4-3-5-17(22)2/h3-14H,15H2,1-2H3. The van der Waals surface area contributed by atoms with E-state index >= 15 is 0 Å². The SMILES string of the molecule is Cc1ccc2c(CSc3nnc(-c4ccc(Cl)cc4)n3-c3ccccc3C)cc(=O)oc2c1. The number of fused-ring (bicyclic) bond motifs is 1.